The second-order valence-corrected chi connectivity index (χ2v) is 6.26. The van der Waals surface area contributed by atoms with Crippen LogP contribution in [0.3, 0.4) is 0 Å². The lowest BCUT2D eigenvalue weighted by Gasteiger charge is -2.13. The molecule has 1 unspecified atom stereocenters. The highest BCUT2D eigenvalue weighted by Crippen LogP contribution is 2.31. The largest absolute Gasteiger partial charge is 0.394 e. The number of benzene rings is 2. The number of hydrogen-bond acceptors (Lipinski definition) is 5. The topological polar surface area (TPSA) is 65.4 Å². The number of fused-ring (bicyclic) bond motifs is 1. The van der Waals surface area contributed by atoms with Gasteiger partial charge in [0.25, 0.3) is 0 Å². The van der Waals surface area contributed by atoms with Crippen molar-refractivity contribution in [3.8, 4) is 10.6 Å². The van der Waals surface area contributed by atoms with E-state index in [1.165, 1.54) is 4.70 Å². The smallest absolute Gasteiger partial charge is 0.124 e. The van der Waals surface area contributed by atoms with Crippen LogP contribution in [0.15, 0.2) is 42.5 Å². The van der Waals surface area contributed by atoms with E-state index in [0.717, 1.165) is 27.3 Å². The number of aliphatic hydroxyl groups excluding tert-OH is 2. The first-order chi connectivity index (χ1) is 10.7. The quantitative estimate of drug-likeness (QED) is 0.677. The van der Waals surface area contributed by atoms with Crippen molar-refractivity contribution in [3.05, 3.63) is 48.0 Å². The third-order valence-electron chi connectivity index (χ3n) is 3.51. The van der Waals surface area contributed by atoms with Gasteiger partial charge in [-0.2, -0.15) is 0 Å². The van der Waals surface area contributed by atoms with Crippen molar-refractivity contribution in [2.45, 2.75) is 13.0 Å². The Morgan fingerprint density at radius 2 is 2.05 bits per heavy atom. The molecular formula is C17H18N2O2S. The third-order valence-corrected chi connectivity index (χ3v) is 4.59. The second-order valence-electron chi connectivity index (χ2n) is 5.23. The van der Waals surface area contributed by atoms with Gasteiger partial charge in [0, 0.05) is 17.8 Å². The molecule has 5 heteroatoms. The van der Waals surface area contributed by atoms with Crippen molar-refractivity contribution in [1.29, 1.82) is 0 Å². The molecule has 3 rings (SSSR count). The minimum Gasteiger partial charge on any atom is -0.394 e. The van der Waals surface area contributed by atoms with Crippen LogP contribution < -0.4 is 5.32 Å². The summed E-state index contributed by atoms with van der Waals surface area (Å²) in [5.41, 5.74) is 4.15. The lowest BCUT2D eigenvalue weighted by Crippen LogP contribution is -2.23. The summed E-state index contributed by atoms with van der Waals surface area (Å²) in [6, 6.07) is 14.2. The van der Waals surface area contributed by atoms with E-state index in [0.29, 0.717) is 6.54 Å². The molecule has 0 spiro atoms. The molecule has 2 aromatic carbocycles. The zero-order valence-electron chi connectivity index (χ0n) is 12.3. The van der Waals surface area contributed by atoms with E-state index < -0.39 is 6.10 Å². The van der Waals surface area contributed by atoms with Gasteiger partial charge >= 0.3 is 0 Å². The fourth-order valence-electron chi connectivity index (χ4n) is 2.28. The van der Waals surface area contributed by atoms with Crippen LogP contribution in [-0.2, 0) is 0 Å². The van der Waals surface area contributed by atoms with E-state index in [1.54, 1.807) is 11.3 Å². The first kappa shape index (κ1) is 15.0. The number of aliphatic hydroxyl groups is 2. The van der Waals surface area contributed by atoms with Crippen LogP contribution in [0.1, 0.15) is 5.56 Å². The summed E-state index contributed by atoms with van der Waals surface area (Å²) in [6.45, 7) is 2.11. The Hall–Kier alpha value is -1.95. The molecule has 0 amide bonds. The predicted octanol–water partition coefficient (Wildman–Crippen LogP) is 3.04. The number of thiazole rings is 1. The SMILES string of the molecule is Cc1cc(-c2nc3ccccc3s2)ccc1NCC(O)CO. The highest BCUT2D eigenvalue weighted by molar-refractivity contribution is 7.21. The van der Waals surface area contributed by atoms with Gasteiger partial charge in [0.05, 0.1) is 22.9 Å². The lowest BCUT2D eigenvalue weighted by molar-refractivity contribution is 0.105. The average Bonchev–Trinajstić information content (AvgIpc) is 2.97. The number of aryl methyl sites for hydroxylation is 1. The Kier molecular flexibility index (Phi) is 4.38. The zero-order chi connectivity index (χ0) is 15.5. The number of aromatic nitrogens is 1. The van der Waals surface area contributed by atoms with E-state index in [4.69, 9.17) is 5.11 Å². The fraction of sp³-hybridized carbons (Fsp3) is 0.235. The normalized spacial score (nSPS) is 12.5. The lowest BCUT2D eigenvalue weighted by atomic mass is 10.1. The number of hydrogen-bond donors (Lipinski definition) is 3. The van der Waals surface area contributed by atoms with E-state index in [1.807, 2.05) is 37.3 Å². The van der Waals surface area contributed by atoms with Crippen LogP contribution >= 0.6 is 11.3 Å². The molecule has 114 valence electrons. The Bertz CT molecular complexity index is 752. The molecule has 1 aromatic heterocycles. The molecule has 0 bridgehead atoms. The van der Waals surface area contributed by atoms with Gasteiger partial charge in [-0.1, -0.05) is 12.1 Å². The van der Waals surface area contributed by atoms with Crippen molar-refractivity contribution in [2.75, 3.05) is 18.5 Å². The number of rotatable bonds is 5. The van der Waals surface area contributed by atoms with Gasteiger partial charge in [-0.25, -0.2) is 4.98 Å². The Morgan fingerprint density at radius 3 is 2.77 bits per heavy atom. The minimum absolute atomic E-state index is 0.240. The van der Waals surface area contributed by atoms with Gasteiger partial charge in [0.1, 0.15) is 5.01 Å². The van der Waals surface area contributed by atoms with E-state index in [2.05, 4.69) is 22.4 Å². The second kappa shape index (κ2) is 6.44. The van der Waals surface area contributed by atoms with Gasteiger partial charge in [0.2, 0.25) is 0 Å². The molecule has 3 N–H and O–H groups in total. The van der Waals surface area contributed by atoms with Gasteiger partial charge in [0.15, 0.2) is 0 Å². The first-order valence-corrected chi connectivity index (χ1v) is 7.98. The van der Waals surface area contributed by atoms with Gasteiger partial charge in [-0.3, -0.25) is 0 Å². The van der Waals surface area contributed by atoms with Crippen LogP contribution in [0.2, 0.25) is 0 Å². The molecule has 0 aliphatic rings. The molecule has 0 saturated carbocycles. The fourth-order valence-corrected chi connectivity index (χ4v) is 3.25. The number of para-hydroxylation sites is 1. The van der Waals surface area contributed by atoms with Crippen LogP contribution in [0.25, 0.3) is 20.8 Å². The summed E-state index contributed by atoms with van der Waals surface area (Å²) in [5.74, 6) is 0. The van der Waals surface area contributed by atoms with Crippen molar-refractivity contribution < 1.29 is 10.2 Å². The summed E-state index contributed by atoms with van der Waals surface area (Å²) in [7, 11) is 0. The zero-order valence-corrected chi connectivity index (χ0v) is 13.1. The Balaban J connectivity index is 1.84. The van der Waals surface area contributed by atoms with Crippen molar-refractivity contribution in [2.24, 2.45) is 0 Å². The molecular weight excluding hydrogens is 296 g/mol. The van der Waals surface area contributed by atoms with Crippen LogP contribution in [0, 0.1) is 6.92 Å². The maximum Gasteiger partial charge on any atom is 0.124 e. The average molecular weight is 314 g/mol. The maximum atomic E-state index is 9.40. The monoisotopic (exact) mass is 314 g/mol. The summed E-state index contributed by atoms with van der Waals surface area (Å²) >= 11 is 1.68. The number of anilines is 1. The molecule has 4 nitrogen and oxygen atoms in total. The van der Waals surface area contributed by atoms with Crippen LogP contribution in [0.5, 0.6) is 0 Å². The maximum absolute atomic E-state index is 9.40. The van der Waals surface area contributed by atoms with Crippen LogP contribution in [-0.4, -0.2) is 34.5 Å². The summed E-state index contributed by atoms with van der Waals surface area (Å²) in [4.78, 5) is 4.67. The molecule has 0 aliphatic carbocycles. The summed E-state index contributed by atoms with van der Waals surface area (Å²) < 4.78 is 1.18. The highest BCUT2D eigenvalue weighted by atomic mass is 32.1. The molecule has 0 fully saturated rings. The molecule has 0 aliphatic heterocycles. The number of nitrogens with zero attached hydrogens (tertiary/aromatic N) is 1. The molecule has 22 heavy (non-hydrogen) atoms. The summed E-state index contributed by atoms with van der Waals surface area (Å²) in [6.07, 6.45) is -0.747. The minimum atomic E-state index is -0.747. The van der Waals surface area contributed by atoms with Crippen LogP contribution in [0.4, 0.5) is 5.69 Å². The van der Waals surface area contributed by atoms with E-state index >= 15 is 0 Å². The molecule has 0 saturated heterocycles. The van der Waals surface area contributed by atoms with Gasteiger partial charge < -0.3 is 15.5 Å². The standard InChI is InChI=1S/C17H18N2O2S/c1-11-8-12(6-7-14(11)18-9-13(21)10-20)17-19-15-4-2-3-5-16(15)22-17/h2-8,13,18,20-21H,9-10H2,1H3. The predicted molar refractivity (Wildman–Crippen MR) is 91.4 cm³/mol. The number of nitrogens with one attached hydrogen (secondary N) is 1. The molecule has 3 aromatic rings. The van der Waals surface area contributed by atoms with Gasteiger partial charge in [-0.15, -0.1) is 11.3 Å². The van der Waals surface area contributed by atoms with Crippen molar-refractivity contribution in [1.82, 2.24) is 4.98 Å². The van der Waals surface area contributed by atoms with Crippen molar-refractivity contribution >= 4 is 27.2 Å². The molecule has 1 atom stereocenters. The molecule has 1 heterocycles. The van der Waals surface area contributed by atoms with Crippen molar-refractivity contribution in [3.63, 3.8) is 0 Å². The highest BCUT2D eigenvalue weighted by Gasteiger charge is 2.08. The van der Waals surface area contributed by atoms with E-state index in [-0.39, 0.29) is 6.61 Å². The molecule has 0 radical (unpaired) electrons. The Morgan fingerprint density at radius 1 is 1.23 bits per heavy atom. The van der Waals surface area contributed by atoms with E-state index in [9.17, 15) is 5.11 Å². The summed E-state index contributed by atoms with van der Waals surface area (Å²) in [5, 5.41) is 22.4. The Labute approximate surface area is 133 Å². The van der Waals surface area contributed by atoms with Gasteiger partial charge in [-0.05, 0) is 42.8 Å². The third kappa shape index (κ3) is 3.11. The first-order valence-electron chi connectivity index (χ1n) is 7.17.